The van der Waals surface area contributed by atoms with Crippen molar-refractivity contribution in [2.75, 3.05) is 27.8 Å². The molecule has 0 aliphatic rings. The summed E-state index contributed by atoms with van der Waals surface area (Å²) in [4.78, 5) is 15.1. The van der Waals surface area contributed by atoms with Crippen LogP contribution in [0.5, 0.6) is 11.5 Å². The summed E-state index contributed by atoms with van der Waals surface area (Å²) in [6, 6.07) is 20.4. The van der Waals surface area contributed by atoms with E-state index in [-0.39, 0.29) is 24.1 Å². The second-order valence-corrected chi connectivity index (χ2v) is 8.78. The number of halogens is 1. The van der Waals surface area contributed by atoms with Gasteiger partial charge in [0.1, 0.15) is 5.82 Å². The number of ether oxygens (including phenoxy) is 2. The van der Waals surface area contributed by atoms with Crippen LogP contribution in [0, 0.1) is 5.82 Å². The number of aryl methyl sites for hydroxylation is 1. The lowest BCUT2D eigenvalue weighted by Gasteiger charge is -2.22. The van der Waals surface area contributed by atoms with Gasteiger partial charge in [0, 0.05) is 50.1 Å². The molecule has 1 amide bonds. The van der Waals surface area contributed by atoms with Gasteiger partial charge >= 0.3 is 0 Å². The molecule has 1 heterocycles. The number of amides is 1. The number of hydrogen-bond acceptors (Lipinski definition) is 3. The molecule has 35 heavy (non-hydrogen) atoms. The SMILES string of the molecule is COc1ccc(CCN(C)C(=O)C[C@H](c2cccc(F)c2)c2cn(C)c3ccccc23)cc1OC. The monoisotopic (exact) mass is 474 g/mol. The summed E-state index contributed by atoms with van der Waals surface area (Å²) in [6.45, 7) is 0.555. The van der Waals surface area contributed by atoms with Gasteiger partial charge in [-0.1, -0.05) is 36.4 Å². The van der Waals surface area contributed by atoms with Crippen LogP contribution in [-0.2, 0) is 18.3 Å². The number of hydrogen-bond donors (Lipinski definition) is 0. The lowest BCUT2D eigenvalue weighted by atomic mass is 9.87. The van der Waals surface area contributed by atoms with Crippen LogP contribution in [0.1, 0.15) is 29.0 Å². The molecule has 3 aromatic carbocycles. The summed E-state index contributed by atoms with van der Waals surface area (Å²) in [5.74, 6) is 0.789. The van der Waals surface area contributed by atoms with E-state index in [1.807, 2.05) is 50.5 Å². The highest BCUT2D eigenvalue weighted by atomic mass is 19.1. The standard InChI is InChI=1S/C29H31FN2O3/c1-31(15-14-20-12-13-27(34-3)28(16-20)35-4)29(33)18-24(21-8-7-9-22(30)17-21)25-19-32(2)26-11-6-5-10-23(25)26/h5-13,16-17,19,24H,14-15,18H2,1-4H3/t24-/m1/s1. The van der Waals surface area contributed by atoms with Crippen molar-refractivity contribution in [3.05, 3.63) is 95.4 Å². The molecule has 0 spiro atoms. The summed E-state index contributed by atoms with van der Waals surface area (Å²) >= 11 is 0. The van der Waals surface area contributed by atoms with E-state index in [0.29, 0.717) is 24.5 Å². The molecular formula is C29H31FN2O3. The summed E-state index contributed by atoms with van der Waals surface area (Å²) in [5, 5.41) is 1.07. The molecule has 0 N–H and O–H groups in total. The highest BCUT2D eigenvalue weighted by Gasteiger charge is 2.24. The Morgan fingerprint density at radius 3 is 2.51 bits per heavy atom. The molecule has 0 aliphatic heterocycles. The Kier molecular flexibility index (Phi) is 7.39. The largest absolute Gasteiger partial charge is 0.493 e. The molecule has 5 nitrogen and oxygen atoms in total. The van der Waals surface area contributed by atoms with E-state index in [1.165, 1.54) is 12.1 Å². The van der Waals surface area contributed by atoms with Gasteiger partial charge in [0.15, 0.2) is 11.5 Å². The summed E-state index contributed by atoms with van der Waals surface area (Å²) in [6.07, 6.45) is 2.98. The van der Waals surface area contributed by atoms with Crippen LogP contribution in [0.25, 0.3) is 10.9 Å². The molecule has 0 aliphatic carbocycles. The third-order valence-electron chi connectivity index (χ3n) is 6.54. The molecule has 0 saturated heterocycles. The summed E-state index contributed by atoms with van der Waals surface area (Å²) in [5.41, 5.74) is 3.95. The maximum Gasteiger partial charge on any atom is 0.223 e. The second-order valence-electron chi connectivity index (χ2n) is 8.78. The van der Waals surface area contributed by atoms with Crippen molar-refractivity contribution in [2.24, 2.45) is 7.05 Å². The van der Waals surface area contributed by atoms with Crippen LogP contribution in [0.4, 0.5) is 4.39 Å². The zero-order chi connectivity index (χ0) is 24.9. The van der Waals surface area contributed by atoms with E-state index >= 15 is 0 Å². The van der Waals surface area contributed by atoms with Gasteiger partial charge in [-0.15, -0.1) is 0 Å². The number of aromatic nitrogens is 1. The van der Waals surface area contributed by atoms with Crippen molar-refractivity contribution in [1.29, 1.82) is 0 Å². The zero-order valence-corrected chi connectivity index (χ0v) is 20.6. The number of benzene rings is 3. The zero-order valence-electron chi connectivity index (χ0n) is 20.6. The predicted molar refractivity (Wildman–Crippen MR) is 137 cm³/mol. The fourth-order valence-corrected chi connectivity index (χ4v) is 4.57. The maximum absolute atomic E-state index is 14.2. The fraction of sp³-hybridized carbons (Fsp3) is 0.276. The molecule has 0 unspecified atom stereocenters. The molecule has 4 rings (SSSR count). The van der Waals surface area contributed by atoms with Gasteiger partial charge in [-0.2, -0.15) is 0 Å². The smallest absolute Gasteiger partial charge is 0.223 e. The molecule has 0 saturated carbocycles. The summed E-state index contributed by atoms with van der Waals surface area (Å²) < 4.78 is 26.9. The van der Waals surface area contributed by atoms with Gasteiger partial charge in [-0.25, -0.2) is 4.39 Å². The molecule has 0 bridgehead atoms. The number of rotatable bonds is 9. The lowest BCUT2D eigenvalue weighted by molar-refractivity contribution is -0.130. The second kappa shape index (κ2) is 10.6. The van der Waals surface area contributed by atoms with Crippen molar-refractivity contribution in [3.63, 3.8) is 0 Å². The first-order chi connectivity index (χ1) is 16.9. The Balaban J connectivity index is 1.56. The van der Waals surface area contributed by atoms with Crippen molar-refractivity contribution in [3.8, 4) is 11.5 Å². The third-order valence-corrected chi connectivity index (χ3v) is 6.54. The topological polar surface area (TPSA) is 43.7 Å². The fourth-order valence-electron chi connectivity index (χ4n) is 4.57. The predicted octanol–water partition coefficient (Wildman–Crippen LogP) is 5.56. The number of para-hydroxylation sites is 1. The quantitative estimate of drug-likeness (QED) is 0.319. The van der Waals surface area contributed by atoms with Gasteiger partial charge < -0.3 is 18.9 Å². The Bertz CT molecular complexity index is 1330. The average Bonchev–Trinajstić information content (AvgIpc) is 3.21. The Morgan fingerprint density at radius 1 is 1.00 bits per heavy atom. The van der Waals surface area contributed by atoms with Crippen LogP contribution in [-0.4, -0.2) is 43.2 Å². The highest BCUT2D eigenvalue weighted by Crippen LogP contribution is 2.35. The van der Waals surface area contributed by atoms with E-state index in [2.05, 4.69) is 22.9 Å². The number of fused-ring (bicyclic) bond motifs is 1. The normalized spacial score (nSPS) is 11.9. The van der Waals surface area contributed by atoms with Crippen molar-refractivity contribution >= 4 is 16.8 Å². The highest BCUT2D eigenvalue weighted by molar-refractivity contribution is 5.86. The molecule has 4 aromatic rings. The first kappa shape index (κ1) is 24.3. The van der Waals surface area contributed by atoms with Gasteiger partial charge in [0.2, 0.25) is 5.91 Å². The van der Waals surface area contributed by atoms with Crippen LogP contribution in [0.15, 0.2) is 72.9 Å². The maximum atomic E-state index is 14.2. The minimum absolute atomic E-state index is 0.00710. The summed E-state index contributed by atoms with van der Waals surface area (Å²) in [7, 11) is 7.02. The van der Waals surface area contributed by atoms with E-state index in [1.54, 1.807) is 25.2 Å². The van der Waals surface area contributed by atoms with Crippen LogP contribution < -0.4 is 9.47 Å². The molecule has 1 atom stereocenters. The van der Waals surface area contributed by atoms with E-state index < -0.39 is 0 Å². The van der Waals surface area contributed by atoms with Gasteiger partial charge in [-0.05, 0) is 53.4 Å². The molecule has 0 radical (unpaired) electrons. The Hall–Kier alpha value is -3.80. The number of carbonyl (C=O) groups excluding carboxylic acids is 1. The van der Waals surface area contributed by atoms with Gasteiger partial charge in [0.25, 0.3) is 0 Å². The van der Waals surface area contributed by atoms with E-state index in [0.717, 1.165) is 27.6 Å². The van der Waals surface area contributed by atoms with Crippen LogP contribution >= 0.6 is 0 Å². The number of nitrogens with zero attached hydrogens (tertiary/aromatic N) is 2. The molecule has 1 aromatic heterocycles. The minimum Gasteiger partial charge on any atom is -0.493 e. The van der Waals surface area contributed by atoms with Gasteiger partial charge in [-0.3, -0.25) is 4.79 Å². The first-order valence-electron chi connectivity index (χ1n) is 11.7. The van der Waals surface area contributed by atoms with Gasteiger partial charge in [0.05, 0.1) is 14.2 Å². The Morgan fingerprint density at radius 2 is 1.77 bits per heavy atom. The molecule has 6 heteroatoms. The van der Waals surface area contributed by atoms with Crippen molar-refractivity contribution in [2.45, 2.75) is 18.8 Å². The van der Waals surface area contributed by atoms with Crippen molar-refractivity contribution < 1.29 is 18.7 Å². The Labute approximate surface area is 205 Å². The van der Waals surface area contributed by atoms with Crippen molar-refractivity contribution in [1.82, 2.24) is 9.47 Å². The molecule has 0 fully saturated rings. The number of carbonyl (C=O) groups is 1. The molecular weight excluding hydrogens is 443 g/mol. The number of likely N-dealkylation sites (N-methyl/N-ethyl adjacent to an activating group) is 1. The third kappa shape index (κ3) is 5.32. The minimum atomic E-state index is -0.304. The van der Waals surface area contributed by atoms with E-state index in [9.17, 15) is 9.18 Å². The van der Waals surface area contributed by atoms with E-state index in [4.69, 9.17) is 9.47 Å². The number of methoxy groups -OCH3 is 2. The lowest BCUT2D eigenvalue weighted by Crippen LogP contribution is -2.30. The molecule has 182 valence electrons. The van der Waals surface area contributed by atoms with Crippen LogP contribution in [0.2, 0.25) is 0 Å². The first-order valence-corrected chi connectivity index (χ1v) is 11.7. The average molecular weight is 475 g/mol. The van der Waals surface area contributed by atoms with Crippen LogP contribution in [0.3, 0.4) is 0 Å².